The summed E-state index contributed by atoms with van der Waals surface area (Å²) in [5.74, 6) is 1.54. The smallest absolute Gasteiger partial charge is 0.251 e. The summed E-state index contributed by atoms with van der Waals surface area (Å²) in [4.78, 5) is 19.6. The number of pyridine rings is 1. The van der Waals surface area contributed by atoms with E-state index in [1.54, 1.807) is 0 Å². The van der Waals surface area contributed by atoms with Gasteiger partial charge < -0.3 is 20.3 Å². The third-order valence-electron chi connectivity index (χ3n) is 6.43. The molecule has 0 spiro atoms. The van der Waals surface area contributed by atoms with Crippen LogP contribution in [0.2, 0.25) is 5.02 Å². The van der Waals surface area contributed by atoms with Crippen LogP contribution in [0.15, 0.2) is 85.1 Å². The van der Waals surface area contributed by atoms with Gasteiger partial charge in [-0.25, -0.2) is 4.98 Å². The van der Waals surface area contributed by atoms with Crippen LogP contribution < -0.4 is 20.3 Å². The van der Waals surface area contributed by atoms with E-state index < -0.39 is 0 Å². The molecular formula is C30H29ClN4O2. The quantitative estimate of drug-likeness (QED) is 0.285. The van der Waals surface area contributed by atoms with Crippen LogP contribution in [0.5, 0.6) is 5.75 Å². The van der Waals surface area contributed by atoms with Crippen molar-refractivity contribution in [1.29, 1.82) is 0 Å². The highest BCUT2D eigenvalue weighted by atomic mass is 35.5. The van der Waals surface area contributed by atoms with Crippen molar-refractivity contribution in [2.24, 2.45) is 0 Å². The first-order valence-electron chi connectivity index (χ1n) is 12.4. The Labute approximate surface area is 222 Å². The maximum absolute atomic E-state index is 12.6. The molecule has 4 aromatic rings. The SMILES string of the molecule is Cc1ccc(Cl)cc1CN1CCNc2ncc(-c3ccc(C(=O)NCCOc4ccccc4)cc3)cc21. The van der Waals surface area contributed by atoms with E-state index in [1.807, 2.05) is 72.9 Å². The molecule has 5 rings (SSSR count). The molecule has 1 aliphatic rings. The lowest BCUT2D eigenvalue weighted by Crippen LogP contribution is -2.34. The Balaban J connectivity index is 1.25. The number of hydrogen-bond acceptors (Lipinski definition) is 5. The number of hydrogen-bond donors (Lipinski definition) is 2. The van der Waals surface area contributed by atoms with Crippen molar-refractivity contribution in [1.82, 2.24) is 10.3 Å². The van der Waals surface area contributed by atoms with Crippen LogP contribution in [-0.2, 0) is 6.54 Å². The van der Waals surface area contributed by atoms with Gasteiger partial charge in [0, 0.05) is 42.0 Å². The molecule has 6 nitrogen and oxygen atoms in total. The molecular weight excluding hydrogens is 484 g/mol. The average Bonchev–Trinajstić information content (AvgIpc) is 2.93. The van der Waals surface area contributed by atoms with Crippen molar-refractivity contribution < 1.29 is 9.53 Å². The molecule has 0 fully saturated rings. The fraction of sp³-hybridized carbons (Fsp3) is 0.200. The first-order chi connectivity index (χ1) is 18.1. The van der Waals surface area contributed by atoms with Gasteiger partial charge in [0.25, 0.3) is 5.91 Å². The number of benzene rings is 3. The molecule has 188 valence electrons. The summed E-state index contributed by atoms with van der Waals surface area (Å²) in [6.45, 7) is 5.42. The molecule has 0 atom stereocenters. The molecule has 0 aliphatic carbocycles. The minimum absolute atomic E-state index is 0.126. The zero-order valence-electron chi connectivity index (χ0n) is 20.7. The lowest BCUT2D eigenvalue weighted by Gasteiger charge is -2.32. The zero-order valence-corrected chi connectivity index (χ0v) is 21.5. The van der Waals surface area contributed by atoms with Gasteiger partial charge in [-0.1, -0.05) is 48.0 Å². The normalized spacial score (nSPS) is 12.4. The van der Waals surface area contributed by atoms with Crippen LogP contribution >= 0.6 is 11.6 Å². The minimum Gasteiger partial charge on any atom is -0.492 e. The van der Waals surface area contributed by atoms with Gasteiger partial charge in [0.1, 0.15) is 18.2 Å². The molecule has 0 unspecified atom stereocenters. The zero-order chi connectivity index (χ0) is 25.6. The fourth-order valence-corrected chi connectivity index (χ4v) is 4.56. The Bertz CT molecular complexity index is 1380. The topological polar surface area (TPSA) is 66.5 Å². The van der Waals surface area contributed by atoms with Gasteiger partial charge in [0.2, 0.25) is 0 Å². The van der Waals surface area contributed by atoms with E-state index in [2.05, 4.69) is 39.6 Å². The highest BCUT2D eigenvalue weighted by Crippen LogP contribution is 2.33. The molecule has 1 aliphatic heterocycles. The molecule has 1 amide bonds. The minimum atomic E-state index is -0.126. The first-order valence-corrected chi connectivity index (χ1v) is 12.7. The Hall–Kier alpha value is -4.03. The maximum atomic E-state index is 12.6. The third-order valence-corrected chi connectivity index (χ3v) is 6.67. The van der Waals surface area contributed by atoms with Crippen LogP contribution in [0.4, 0.5) is 11.5 Å². The lowest BCUT2D eigenvalue weighted by molar-refractivity contribution is 0.0947. The van der Waals surface area contributed by atoms with Crippen molar-refractivity contribution in [3.8, 4) is 16.9 Å². The predicted molar refractivity (Wildman–Crippen MR) is 150 cm³/mol. The summed E-state index contributed by atoms with van der Waals surface area (Å²) in [6.07, 6.45) is 1.87. The van der Waals surface area contributed by atoms with Crippen LogP contribution in [0.25, 0.3) is 11.1 Å². The second-order valence-corrected chi connectivity index (χ2v) is 9.44. The summed E-state index contributed by atoms with van der Waals surface area (Å²) < 4.78 is 5.64. The highest BCUT2D eigenvalue weighted by Gasteiger charge is 2.20. The molecule has 7 heteroatoms. The van der Waals surface area contributed by atoms with Crippen molar-refractivity contribution in [2.45, 2.75) is 13.5 Å². The number of aryl methyl sites for hydroxylation is 1. The predicted octanol–water partition coefficient (Wildman–Crippen LogP) is 5.95. The number of nitrogens with zero attached hydrogens (tertiary/aromatic N) is 2. The van der Waals surface area contributed by atoms with Crippen molar-refractivity contribution in [2.75, 3.05) is 36.5 Å². The van der Waals surface area contributed by atoms with Crippen LogP contribution in [0.1, 0.15) is 21.5 Å². The number of amides is 1. The van der Waals surface area contributed by atoms with Gasteiger partial charge in [-0.2, -0.15) is 0 Å². The van der Waals surface area contributed by atoms with Crippen LogP contribution in [0.3, 0.4) is 0 Å². The number of fused-ring (bicyclic) bond motifs is 1. The molecule has 0 bridgehead atoms. The van der Waals surface area contributed by atoms with Gasteiger partial charge in [0.15, 0.2) is 0 Å². The fourth-order valence-electron chi connectivity index (χ4n) is 4.36. The maximum Gasteiger partial charge on any atom is 0.251 e. The Morgan fingerprint density at radius 3 is 2.68 bits per heavy atom. The Kier molecular flexibility index (Phi) is 7.57. The van der Waals surface area contributed by atoms with E-state index in [4.69, 9.17) is 16.3 Å². The lowest BCUT2D eigenvalue weighted by atomic mass is 10.0. The number of anilines is 2. The summed E-state index contributed by atoms with van der Waals surface area (Å²) in [7, 11) is 0. The van der Waals surface area contributed by atoms with Gasteiger partial charge in [-0.05, 0) is 66.1 Å². The number of ether oxygens (including phenoxy) is 1. The number of nitrogens with one attached hydrogen (secondary N) is 2. The third kappa shape index (κ3) is 6.04. The van der Waals surface area contributed by atoms with E-state index in [0.29, 0.717) is 18.7 Å². The summed E-state index contributed by atoms with van der Waals surface area (Å²) in [5.41, 5.74) is 6.09. The van der Waals surface area contributed by atoms with E-state index in [1.165, 1.54) is 11.1 Å². The standard InChI is InChI=1S/C30H29ClN4O2/c1-21-7-12-26(31)17-25(21)20-35-15-13-32-29-28(35)18-24(19-34-29)22-8-10-23(11-9-22)30(36)33-14-16-37-27-5-3-2-4-6-27/h2-12,17-19H,13-16,20H2,1H3,(H,32,34)(H,33,36). The van der Waals surface area contributed by atoms with Crippen molar-refractivity contribution in [3.63, 3.8) is 0 Å². The van der Waals surface area contributed by atoms with Gasteiger partial charge >= 0.3 is 0 Å². The molecule has 2 heterocycles. The Morgan fingerprint density at radius 1 is 1.05 bits per heavy atom. The molecule has 37 heavy (non-hydrogen) atoms. The molecule has 0 radical (unpaired) electrons. The highest BCUT2D eigenvalue weighted by molar-refractivity contribution is 6.30. The number of aromatic nitrogens is 1. The van der Waals surface area contributed by atoms with Gasteiger partial charge in [-0.15, -0.1) is 0 Å². The van der Waals surface area contributed by atoms with Crippen LogP contribution in [-0.4, -0.2) is 37.1 Å². The van der Waals surface area contributed by atoms with Gasteiger partial charge in [0.05, 0.1) is 12.2 Å². The van der Waals surface area contributed by atoms with E-state index in [-0.39, 0.29) is 5.91 Å². The Morgan fingerprint density at radius 2 is 1.86 bits per heavy atom. The number of rotatable bonds is 8. The summed E-state index contributed by atoms with van der Waals surface area (Å²) in [6, 6.07) is 25.3. The molecule has 3 aromatic carbocycles. The van der Waals surface area contributed by atoms with Gasteiger partial charge in [-0.3, -0.25) is 4.79 Å². The van der Waals surface area contributed by atoms with E-state index >= 15 is 0 Å². The largest absolute Gasteiger partial charge is 0.492 e. The molecule has 0 saturated carbocycles. The monoisotopic (exact) mass is 512 g/mol. The average molecular weight is 513 g/mol. The molecule has 2 N–H and O–H groups in total. The van der Waals surface area contributed by atoms with Crippen molar-refractivity contribution >= 4 is 29.0 Å². The summed E-state index contributed by atoms with van der Waals surface area (Å²) in [5, 5.41) is 7.05. The van der Waals surface area contributed by atoms with Crippen LogP contribution in [0, 0.1) is 6.92 Å². The van der Waals surface area contributed by atoms with E-state index in [0.717, 1.165) is 53.0 Å². The molecule has 1 aromatic heterocycles. The number of halogens is 1. The second-order valence-electron chi connectivity index (χ2n) is 9.01. The van der Waals surface area contributed by atoms with Crippen molar-refractivity contribution in [3.05, 3.63) is 107 Å². The second kappa shape index (κ2) is 11.4. The molecule has 0 saturated heterocycles. The van der Waals surface area contributed by atoms with E-state index in [9.17, 15) is 4.79 Å². The number of carbonyl (C=O) groups is 1. The first kappa shape index (κ1) is 24.7. The summed E-state index contributed by atoms with van der Waals surface area (Å²) >= 11 is 6.26. The number of carbonyl (C=O) groups excluding carboxylic acids is 1. The number of para-hydroxylation sites is 1.